The standard InChI is InChI=1S/C17H19N.2C2H6/c1-18-12-16(13-18)17(14-8-4-2-5-9-14)15-10-6-3-7-11-15;2*1-2/h2-11,16-17H,12-13H2,1H3;2*1-2H3. The summed E-state index contributed by atoms with van der Waals surface area (Å²) < 4.78 is 0. The van der Waals surface area contributed by atoms with E-state index in [4.69, 9.17) is 0 Å². The molecule has 1 saturated heterocycles. The monoisotopic (exact) mass is 297 g/mol. The van der Waals surface area contributed by atoms with Crippen LogP contribution in [0, 0.1) is 5.92 Å². The van der Waals surface area contributed by atoms with E-state index in [2.05, 4.69) is 72.6 Å². The minimum Gasteiger partial charge on any atom is -0.306 e. The minimum atomic E-state index is 0.545. The van der Waals surface area contributed by atoms with E-state index in [0.717, 1.165) is 5.92 Å². The zero-order valence-electron chi connectivity index (χ0n) is 14.8. The molecule has 22 heavy (non-hydrogen) atoms. The van der Waals surface area contributed by atoms with E-state index in [1.165, 1.54) is 24.2 Å². The van der Waals surface area contributed by atoms with Crippen LogP contribution in [0.25, 0.3) is 0 Å². The normalized spacial score (nSPS) is 14.3. The Kier molecular flexibility index (Phi) is 8.54. The van der Waals surface area contributed by atoms with E-state index in [0.29, 0.717) is 5.92 Å². The number of hydrogen-bond acceptors (Lipinski definition) is 1. The lowest BCUT2D eigenvalue weighted by Crippen LogP contribution is -2.46. The lowest BCUT2D eigenvalue weighted by Gasteiger charge is -2.41. The summed E-state index contributed by atoms with van der Waals surface area (Å²) in [7, 11) is 2.20. The number of benzene rings is 2. The van der Waals surface area contributed by atoms with Gasteiger partial charge in [-0.15, -0.1) is 0 Å². The molecule has 2 aromatic carbocycles. The van der Waals surface area contributed by atoms with Crippen molar-refractivity contribution in [3.63, 3.8) is 0 Å². The Labute approximate surface area is 137 Å². The lowest BCUT2D eigenvalue weighted by molar-refractivity contribution is 0.121. The Morgan fingerprint density at radius 2 is 1.09 bits per heavy atom. The molecule has 0 N–H and O–H groups in total. The van der Waals surface area contributed by atoms with Crippen LogP contribution in [0.5, 0.6) is 0 Å². The average molecular weight is 297 g/mol. The van der Waals surface area contributed by atoms with Crippen LogP contribution in [0.4, 0.5) is 0 Å². The maximum absolute atomic E-state index is 2.39. The van der Waals surface area contributed by atoms with Crippen LogP contribution >= 0.6 is 0 Å². The third kappa shape index (κ3) is 4.71. The third-order valence-electron chi connectivity index (χ3n) is 3.88. The zero-order chi connectivity index (χ0) is 16.4. The molecule has 0 aliphatic carbocycles. The Hall–Kier alpha value is -1.60. The second-order valence-electron chi connectivity index (χ2n) is 5.28. The van der Waals surface area contributed by atoms with Gasteiger partial charge >= 0.3 is 0 Å². The van der Waals surface area contributed by atoms with Crippen LogP contribution in [0.2, 0.25) is 0 Å². The van der Waals surface area contributed by atoms with Gasteiger partial charge in [-0.05, 0) is 24.1 Å². The lowest BCUT2D eigenvalue weighted by atomic mass is 9.77. The molecule has 0 unspecified atom stereocenters. The molecule has 0 spiro atoms. The van der Waals surface area contributed by atoms with Gasteiger partial charge in [0.2, 0.25) is 0 Å². The smallest absolute Gasteiger partial charge is 0.0142 e. The number of rotatable bonds is 3. The molecular formula is C21H31N. The van der Waals surface area contributed by atoms with Gasteiger partial charge < -0.3 is 4.90 Å². The van der Waals surface area contributed by atoms with E-state index >= 15 is 0 Å². The van der Waals surface area contributed by atoms with Crippen molar-refractivity contribution < 1.29 is 0 Å². The maximum atomic E-state index is 2.39. The fourth-order valence-corrected chi connectivity index (χ4v) is 3.02. The van der Waals surface area contributed by atoms with E-state index in [9.17, 15) is 0 Å². The SMILES string of the molecule is CC.CC.CN1CC(C(c2ccccc2)c2ccccc2)C1. The predicted molar refractivity (Wildman–Crippen MR) is 98.4 cm³/mol. The highest BCUT2D eigenvalue weighted by Crippen LogP contribution is 2.36. The van der Waals surface area contributed by atoms with Crippen LogP contribution in [0.1, 0.15) is 44.7 Å². The molecular weight excluding hydrogens is 266 g/mol. The van der Waals surface area contributed by atoms with Gasteiger partial charge in [-0.3, -0.25) is 0 Å². The molecule has 1 aliphatic heterocycles. The second-order valence-corrected chi connectivity index (χ2v) is 5.28. The molecule has 0 atom stereocenters. The van der Waals surface area contributed by atoms with Gasteiger partial charge in [0.25, 0.3) is 0 Å². The first kappa shape index (κ1) is 18.4. The first-order chi connectivity index (χ1) is 10.8. The molecule has 0 amide bonds. The fourth-order valence-electron chi connectivity index (χ4n) is 3.02. The largest absolute Gasteiger partial charge is 0.306 e. The summed E-state index contributed by atoms with van der Waals surface area (Å²) in [6, 6.07) is 21.8. The predicted octanol–water partition coefficient (Wildman–Crippen LogP) is 5.43. The highest BCUT2D eigenvalue weighted by molar-refractivity contribution is 5.34. The quantitative estimate of drug-likeness (QED) is 0.730. The maximum Gasteiger partial charge on any atom is 0.0142 e. The Balaban J connectivity index is 0.000000561. The summed E-state index contributed by atoms with van der Waals surface area (Å²) in [5, 5.41) is 0. The summed E-state index contributed by atoms with van der Waals surface area (Å²) >= 11 is 0. The fraction of sp³-hybridized carbons (Fsp3) is 0.429. The van der Waals surface area contributed by atoms with Crippen molar-refractivity contribution in [3.8, 4) is 0 Å². The number of likely N-dealkylation sites (tertiary alicyclic amines) is 1. The van der Waals surface area contributed by atoms with Crippen LogP contribution in [-0.4, -0.2) is 25.0 Å². The van der Waals surface area contributed by atoms with Crippen molar-refractivity contribution in [1.82, 2.24) is 4.90 Å². The molecule has 1 nitrogen and oxygen atoms in total. The zero-order valence-corrected chi connectivity index (χ0v) is 14.8. The average Bonchev–Trinajstić information content (AvgIpc) is 2.59. The van der Waals surface area contributed by atoms with Gasteiger partial charge in [-0.25, -0.2) is 0 Å². The van der Waals surface area contributed by atoms with Gasteiger partial charge in [0.05, 0.1) is 0 Å². The summed E-state index contributed by atoms with van der Waals surface area (Å²) in [6.45, 7) is 10.4. The van der Waals surface area contributed by atoms with E-state index in [1.807, 2.05) is 27.7 Å². The van der Waals surface area contributed by atoms with Gasteiger partial charge in [0.15, 0.2) is 0 Å². The van der Waals surface area contributed by atoms with Gasteiger partial charge in [0.1, 0.15) is 0 Å². The van der Waals surface area contributed by atoms with Gasteiger partial charge in [-0.1, -0.05) is 88.4 Å². The van der Waals surface area contributed by atoms with Crippen molar-refractivity contribution in [2.45, 2.75) is 33.6 Å². The third-order valence-corrected chi connectivity index (χ3v) is 3.88. The molecule has 0 aromatic heterocycles. The van der Waals surface area contributed by atoms with Crippen LogP contribution in [0.15, 0.2) is 60.7 Å². The molecule has 1 heterocycles. The van der Waals surface area contributed by atoms with E-state index < -0.39 is 0 Å². The second kappa shape index (κ2) is 10.2. The van der Waals surface area contributed by atoms with Gasteiger partial charge in [0, 0.05) is 19.0 Å². The van der Waals surface area contributed by atoms with Crippen LogP contribution in [-0.2, 0) is 0 Å². The minimum absolute atomic E-state index is 0.545. The summed E-state index contributed by atoms with van der Waals surface area (Å²) in [6.07, 6.45) is 0. The van der Waals surface area contributed by atoms with Crippen LogP contribution in [0.3, 0.4) is 0 Å². The highest BCUT2D eigenvalue weighted by Gasteiger charge is 2.32. The van der Waals surface area contributed by atoms with E-state index in [-0.39, 0.29) is 0 Å². The van der Waals surface area contributed by atoms with E-state index in [1.54, 1.807) is 0 Å². The molecule has 3 rings (SSSR count). The first-order valence-electron chi connectivity index (χ1n) is 8.63. The molecule has 0 radical (unpaired) electrons. The van der Waals surface area contributed by atoms with Crippen molar-refractivity contribution in [2.24, 2.45) is 5.92 Å². The molecule has 0 bridgehead atoms. The van der Waals surface area contributed by atoms with Crippen molar-refractivity contribution >= 4 is 0 Å². The molecule has 1 fully saturated rings. The number of nitrogens with zero attached hydrogens (tertiary/aromatic N) is 1. The topological polar surface area (TPSA) is 3.24 Å². The van der Waals surface area contributed by atoms with Crippen molar-refractivity contribution in [2.75, 3.05) is 20.1 Å². The number of hydrogen-bond donors (Lipinski definition) is 0. The van der Waals surface area contributed by atoms with Crippen LogP contribution < -0.4 is 0 Å². The van der Waals surface area contributed by atoms with Crippen molar-refractivity contribution in [1.29, 1.82) is 0 Å². The molecule has 1 heteroatoms. The Morgan fingerprint density at radius 3 is 1.41 bits per heavy atom. The summed E-state index contributed by atoms with van der Waals surface area (Å²) in [5.41, 5.74) is 2.89. The first-order valence-corrected chi connectivity index (χ1v) is 8.63. The van der Waals surface area contributed by atoms with Gasteiger partial charge in [-0.2, -0.15) is 0 Å². The van der Waals surface area contributed by atoms with Crippen molar-refractivity contribution in [3.05, 3.63) is 71.8 Å². The molecule has 2 aromatic rings. The molecule has 0 saturated carbocycles. The highest BCUT2D eigenvalue weighted by atomic mass is 15.2. The summed E-state index contributed by atoms with van der Waals surface area (Å²) in [4.78, 5) is 2.39. The Morgan fingerprint density at radius 1 is 0.727 bits per heavy atom. The summed E-state index contributed by atoms with van der Waals surface area (Å²) in [5.74, 6) is 1.29. The molecule has 1 aliphatic rings. The Bertz CT molecular complexity index is 446. The molecule has 120 valence electrons.